The van der Waals surface area contributed by atoms with Crippen LogP contribution in [0.4, 0.5) is 5.82 Å². The van der Waals surface area contributed by atoms with Crippen molar-refractivity contribution in [1.82, 2.24) is 9.97 Å². The lowest BCUT2D eigenvalue weighted by atomic mass is 10.4. The maximum absolute atomic E-state index is 12.1. The van der Waals surface area contributed by atoms with E-state index in [1.54, 1.807) is 18.2 Å². The molecule has 2 aromatic rings. The molecule has 0 bridgehead atoms. The minimum atomic E-state index is -3.72. The molecule has 5 nitrogen and oxygen atoms in total. The van der Waals surface area contributed by atoms with Crippen LogP contribution in [-0.2, 0) is 10.0 Å². The Labute approximate surface area is 117 Å². The molecule has 0 aliphatic rings. The second kappa shape index (κ2) is 5.21. The summed E-state index contributed by atoms with van der Waals surface area (Å²) < 4.78 is 26.9. The summed E-state index contributed by atoms with van der Waals surface area (Å²) >= 11 is 8.81. The minimum Gasteiger partial charge on any atom is -0.262 e. The summed E-state index contributed by atoms with van der Waals surface area (Å²) in [6.45, 7) is 0. The molecule has 0 aliphatic heterocycles. The number of nitrogens with one attached hydrogen (secondary N) is 1. The Morgan fingerprint density at radius 1 is 1.22 bits per heavy atom. The van der Waals surface area contributed by atoms with Gasteiger partial charge in [0.15, 0.2) is 5.82 Å². The van der Waals surface area contributed by atoms with Gasteiger partial charge in [0.2, 0.25) is 0 Å². The van der Waals surface area contributed by atoms with E-state index in [2.05, 4.69) is 30.6 Å². The maximum atomic E-state index is 12.1. The van der Waals surface area contributed by atoms with Gasteiger partial charge in [0.1, 0.15) is 10.0 Å². The number of hydrogen-bond donors (Lipinski definition) is 1. The molecule has 18 heavy (non-hydrogen) atoms. The van der Waals surface area contributed by atoms with Gasteiger partial charge in [0.25, 0.3) is 10.0 Å². The molecule has 8 heteroatoms. The van der Waals surface area contributed by atoms with Crippen LogP contribution in [0, 0.1) is 0 Å². The third-order valence-electron chi connectivity index (χ3n) is 1.97. The van der Waals surface area contributed by atoms with Crippen molar-refractivity contribution >= 4 is 43.4 Å². The van der Waals surface area contributed by atoms with Gasteiger partial charge in [-0.3, -0.25) is 9.71 Å². The second-order valence-electron chi connectivity index (χ2n) is 3.26. The molecule has 0 aliphatic carbocycles. The monoisotopic (exact) mass is 347 g/mol. The van der Waals surface area contributed by atoms with Crippen LogP contribution in [0.1, 0.15) is 0 Å². The van der Waals surface area contributed by atoms with Crippen molar-refractivity contribution in [2.45, 2.75) is 4.90 Å². The van der Waals surface area contributed by atoms with Crippen LogP contribution >= 0.6 is 27.5 Å². The van der Waals surface area contributed by atoms with Crippen molar-refractivity contribution in [1.29, 1.82) is 0 Å². The maximum Gasteiger partial charge on any atom is 0.264 e. The molecular formula is C10H7BrClN3O2S. The zero-order valence-electron chi connectivity index (χ0n) is 8.84. The number of halogens is 2. The lowest BCUT2D eigenvalue weighted by molar-refractivity contribution is 0.600. The number of aromatic nitrogens is 2. The fraction of sp³-hybridized carbons (Fsp3) is 0. The highest BCUT2D eigenvalue weighted by Gasteiger charge is 2.17. The molecule has 1 N–H and O–H groups in total. The lowest BCUT2D eigenvalue weighted by Crippen LogP contribution is -2.14. The van der Waals surface area contributed by atoms with Crippen molar-refractivity contribution in [2.24, 2.45) is 0 Å². The molecule has 94 valence electrons. The molecule has 0 fully saturated rings. The van der Waals surface area contributed by atoms with Crippen LogP contribution in [0.15, 0.2) is 46.0 Å². The van der Waals surface area contributed by atoms with Gasteiger partial charge in [-0.25, -0.2) is 13.4 Å². The zero-order chi connectivity index (χ0) is 13.2. The number of rotatable bonds is 3. The normalized spacial score (nSPS) is 11.2. The molecule has 2 rings (SSSR count). The third kappa shape index (κ3) is 2.98. The molecule has 0 atom stereocenters. The van der Waals surface area contributed by atoms with Crippen molar-refractivity contribution in [3.05, 3.63) is 46.3 Å². The summed E-state index contributed by atoms with van der Waals surface area (Å²) in [5.74, 6) is 0.0678. The summed E-state index contributed by atoms with van der Waals surface area (Å²) in [7, 11) is -3.72. The Hall–Kier alpha value is -1.18. The zero-order valence-corrected chi connectivity index (χ0v) is 12.0. The van der Waals surface area contributed by atoms with Gasteiger partial charge in [-0.2, -0.15) is 0 Å². The highest BCUT2D eigenvalue weighted by molar-refractivity contribution is 9.10. The predicted molar refractivity (Wildman–Crippen MR) is 72.0 cm³/mol. The summed E-state index contributed by atoms with van der Waals surface area (Å²) in [5.41, 5.74) is 0. The van der Waals surface area contributed by atoms with E-state index in [1.807, 2.05) is 0 Å². The number of anilines is 1. The fourth-order valence-electron chi connectivity index (χ4n) is 1.25. The minimum absolute atomic E-state index is 0.0678. The van der Waals surface area contributed by atoms with E-state index >= 15 is 0 Å². The van der Waals surface area contributed by atoms with Crippen LogP contribution in [0.2, 0.25) is 5.15 Å². The van der Waals surface area contributed by atoms with Crippen LogP contribution in [-0.4, -0.2) is 18.4 Å². The summed E-state index contributed by atoms with van der Waals surface area (Å²) in [4.78, 5) is 7.68. The lowest BCUT2D eigenvalue weighted by Gasteiger charge is -2.08. The van der Waals surface area contributed by atoms with E-state index in [9.17, 15) is 8.42 Å². The van der Waals surface area contributed by atoms with Gasteiger partial charge in [0.05, 0.1) is 12.4 Å². The molecule has 1 aromatic heterocycles. The Kier molecular flexibility index (Phi) is 3.84. The van der Waals surface area contributed by atoms with Crippen LogP contribution in [0.5, 0.6) is 0 Å². The Morgan fingerprint density at radius 2 is 1.94 bits per heavy atom. The van der Waals surface area contributed by atoms with E-state index in [0.29, 0.717) is 4.47 Å². The average molecular weight is 349 g/mol. The summed E-state index contributed by atoms with van der Waals surface area (Å²) in [6.07, 6.45) is 2.60. The molecule has 1 aromatic carbocycles. The third-order valence-corrected chi connectivity index (χ3v) is 4.52. The van der Waals surface area contributed by atoms with Gasteiger partial charge in [0, 0.05) is 4.47 Å². The van der Waals surface area contributed by atoms with Crippen LogP contribution in [0.25, 0.3) is 0 Å². The van der Waals surface area contributed by atoms with E-state index in [0.717, 1.165) is 0 Å². The smallest absolute Gasteiger partial charge is 0.262 e. The van der Waals surface area contributed by atoms with E-state index in [-0.39, 0.29) is 15.9 Å². The van der Waals surface area contributed by atoms with Crippen molar-refractivity contribution in [3.63, 3.8) is 0 Å². The summed E-state index contributed by atoms with van der Waals surface area (Å²) in [6, 6.07) is 6.47. The van der Waals surface area contributed by atoms with Gasteiger partial charge >= 0.3 is 0 Å². The van der Waals surface area contributed by atoms with Crippen molar-refractivity contribution < 1.29 is 8.42 Å². The number of nitrogens with zero attached hydrogens (tertiary/aromatic N) is 2. The number of sulfonamides is 1. The Balaban J connectivity index is 2.37. The molecule has 0 amide bonds. The van der Waals surface area contributed by atoms with E-state index in [4.69, 9.17) is 11.6 Å². The Morgan fingerprint density at radius 3 is 2.61 bits per heavy atom. The van der Waals surface area contributed by atoms with Crippen LogP contribution < -0.4 is 4.72 Å². The molecule has 0 saturated heterocycles. The first kappa shape index (κ1) is 13.3. The number of hydrogen-bond acceptors (Lipinski definition) is 4. The van der Waals surface area contributed by atoms with E-state index < -0.39 is 10.0 Å². The SMILES string of the molecule is O=S(=O)(Nc1cncc(Cl)n1)c1ccccc1Br. The van der Waals surface area contributed by atoms with Gasteiger partial charge in [-0.15, -0.1) is 0 Å². The standard InChI is InChI=1S/C10H7BrClN3O2S/c11-7-3-1-2-4-8(7)18(16,17)15-10-6-13-5-9(12)14-10/h1-6H,(H,14,15). The quantitative estimate of drug-likeness (QED) is 0.925. The predicted octanol–water partition coefficient (Wildman–Crippen LogP) is 2.69. The molecule has 1 heterocycles. The first-order valence-electron chi connectivity index (χ1n) is 4.74. The average Bonchev–Trinajstić information content (AvgIpc) is 2.28. The highest BCUT2D eigenvalue weighted by Crippen LogP contribution is 2.23. The van der Waals surface area contributed by atoms with Gasteiger partial charge in [-0.05, 0) is 28.1 Å². The molecule has 0 unspecified atom stereocenters. The van der Waals surface area contributed by atoms with Gasteiger partial charge in [-0.1, -0.05) is 23.7 Å². The van der Waals surface area contributed by atoms with Crippen molar-refractivity contribution in [3.8, 4) is 0 Å². The largest absolute Gasteiger partial charge is 0.264 e. The topological polar surface area (TPSA) is 72.0 Å². The van der Waals surface area contributed by atoms with Gasteiger partial charge < -0.3 is 0 Å². The number of benzene rings is 1. The fourth-order valence-corrected chi connectivity index (χ4v) is 3.38. The summed E-state index contributed by atoms with van der Waals surface area (Å²) in [5, 5.41) is 0.113. The molecule has 0 radical (unpaired) electrons. The first-order valence-corrected chi connectivity index (χ1v) is 7.39. The second-order valence-corrected chi connectivity index (χ2v) is 6.16. The van der Waals surface area contributed by atoms with E-state index in [1.165, 1.54) is 18.5 Å². The highest BCUT2D eigenvalue weighted by atomic mass is 79.9. The molecule has 0 saturated carbocycles. The Bertz CT molecular complexity index is 678. The van der Waals surface area contributed by atoms with Crippen LogP contribution in [0.3, 0.4) is 0 Å². The van der Waals surface area contributed by atoms with Crippen molar-refractivity contribution in [2.75, 3.05) is 4.72 Å². The first-order chi connectivity index (χ1) is 8.49. The molecule has 0 spiro atoms. The molecular weight excluding hydrogens is 342 g/mol.